The molecular formula is C73H135NO18. The highest BCUT2D eigenvalue weighted by atomic mass is 16.8. The molecule has 0 aromatic heterocycles. The molecule has 3 aliphatic heterocycles. The third kappa shape index (κ3) is 36.0. The zero-order valence-electron chi connectivity index (χ0n) is 57.3. The Morgan fingerprint density at radius 1 is 0.391 bits per heavy atom. The molecule has 3 rings (SSSR count). The van der Waals surface area contributed by atoms with Crippen LogP contribution in [0.5, 0.6) is 0 Å². The second-order valence-corrected chi connectivity index (χ2v) is 26.8. The number of amides is 1. The summed E-state index contributed by atoms with van der Waals surface area (Å²) in [5.74, 6) is -0.244. The predicted molar refractivity (Wildman–Crippen MR) is 360 cm³/mol. The number of unbranched alkanes of at least 4 members (excludes halogenated alkanes) is 36. The minimum absolute atomic E-state index is 0.244. The van der Waals surface area contributed by atoms with Crippen molar-refractivity contribution in [3.05, 3.63) is 36.5 Å². The first-order valence-corrected chi connectivity index (χ1v) is 37.2. The van der Waals surface area contributed by atoms with Gasteiger partial charge in [-0.3, -0.25) is 4.79 Å². The topological polar surface area (TPSA) is 307 Å². The van der Waals surface area contributed by atoms with Crippen molar-refractivity contribution < 1.29 is 89.4 Å². The molecule has 19 nitrogen and oxygen atoms in total. The summed E-state index contributed by atoms with van der Waals surface area (Å²) in [6.07, 6.45) is 39.2. The van der Waals surface area contributed by atoms with Crippen LogP contribution in [0.15, 0.2) is 36.5 Å². The van der Waals surface area contributed by atoms with Gasteiger partial charge in [0, 0.05) is 6.42 Å². The van der Waals surface area contributed by atoms with E-state index < -0.39 is 124 Å². The summed E-state index contributed by atoms with van der Waals surface area (Å²) in [6.45, 7) is 1.72. The van der Waals surface area contributed by atoms with Gasteiger partial charge in [-0.2, -0.15) is 0 Å². The number of aliphatic hydroxyl groups is 11. The zero-order chi connectivity index (χ0) is 66.8. The SMILES string of the molecule is CCCCCCC/C=C\C/C=C\C/C=C\CCCCCCCCCCCCCCCCCCCCCCCCCCCCC(=O)NC(COC1OC(CO)C(OC2OC(CO)C(OC3OC(CO)C(O)C(O)C3O)C(O)C2O)C(O)C1O)C(O)CCCCCCCC. The van der Waals surface area contributed by atoms with E-state index in [2.05, 4.69) is 55.6 Å². The third-order valence-corrected chi connectivity index (χ3v) is 18.7. The lowest BCUT2D eigenvalue weighted by molar-refractivity contribution is -0.379. The van der Waals surface area contributed by atoms with E-state index in [9.17, 15) is 61.0 Å². The van der Waals surface area contributed by atoms with Crippen LogP contribution in [0.25, 0.3) is 0 Å². The molecule has 19 heteroatoms. The number of carbonyl (C=O) groups excluding carboxylic acids is 1. The van der Waals surface area contributed by atoms with Crippen LogP contribution in [-0.4, -0.2) is 193 Å². The van der Waals surface area contributed by atoms with Crippen LogP contribution in [0, 0.1) is 0 Å². The predicted octanol–water partition coefficient (Wildman–Crippen LogP) is 10.8. The van der Waals surface area contributed by atoms with Gasteiger partial charge in [0.15, 0.2) is 18.9 Å². The van der Waals surface area contributed by atoms with Crippen LogP contribution < -0.4 is 5.32 Å². The Balaban J connectivity index is 1.20. The molecule has 3 fully saturated rings. The monoisotopic (exact) mass is 1310 g/mol. The largest absolute Gasteiger partial charge is 0.394 e. The first-order chi connectivity index (χ1) is 44.8. The van der Waals surface area contributed by atoms with Crippen LogP contribution in [0.4, 0.5) is 0 Å². The van der Waals surface area contributed by atoms with Gasteiger partial charge in [0.25, 0.3) is 0 Å². The molecule has 12 N–H and O–H groups in total. The van der Waals surface area contributed by atoms with Crippen LogP contribution in [-0.2, 0) is 33.2 Å². The van der Waals surface area contributed by atoms with Gasteiger partial charge in [-0.25, -0.2) is 0 Å². The minimum Gasteiger partial charge on any atom is -0.394 e. The van der Waals surface area contributed by atoms with E-state index in [-0.39, 0.29) is 18.9 Å². The Hall–Kier alpha value is -1.99. The highest BCUT2D eigenvalue weighted by molar-refractivity contribution is 5.76. The van der Waals surface area contributed by atoms with Crippen molar-refractivity contribution in [3.63, 3.8) is 0 Å². The van der Waals surface area contributed by atoms with Gasteiger partial charge in [-0.1, -0.05) is 269 Å². The van der Waals surface area contributed by atoms with Crippen LogP contribution in [0.2, 0.25) is 0 Å². The van der Waals surface area contributed by atoms with Gasteiger partial charge in [0.1, 0.15) is 73.2 Å². The highest BCUT2D eigenvalue weighted by Crippen LogP contribution is 2.33. The lowest BCUT2D eigenvalue weighted by Crippen LogP contribution is -2.66. The molecule has 0 aliphatic carbocycles. The van der Waals surface area contributed by atoms with E-state index in [0.29, 0.717) is 12.8 Å². The lowest BCUT2D eigenvalue weighted by Gasteiger charge is -2.48. The average molecular weight is 1310 g/mol. The first kappa shape index (κ1) is 84.2. The molecule has 0 spiro atoms. The number of nitrogens with one attached hydrogen (secondary N) is 1. The van der Waals surface area contributed by atoms with Crippen molar-refractivity contribution in [3.8, 4) is 0 Å². The normalized spacial score (nSPS) is 27.9. The Morgan fingerprint density at radius 2 is 0.717 bits per heavy atom. The molecule has 3 heterocycles. The van der Waals surface area contributed by atoms with Crippen molar-refractivity contribution in [2.24, 2.45) is 0 Å². The quantitative estimate of drug-likeness (QED) is 0.0199. The summed E-state index contributed by atoms with van der Waals surface area (Å²) in [7, 11) is 0. The van der Waals surface area contributed by atoms with Gasteiger partial charge in [0.2, 0.25) is 5.91 Å². The average Bonchev–Trinajstić information content (AvgIpc) is 0.817. The van der Waals surface area contributed by atoms with Crippen LogP contribution in [0.1, 0.15) is 290 Å². The summed E-state index contributed by atoms with van der Waals surface area (Å²) in [5, 5.41) is 120. The lowest BCUT2D eigenvalue weighted by atomic mass is 9.96. The maximum Gasteiger partial charge on any atom is 0.220 e. The number of rotatable bonds is 58. The fraction of sp³-hybridized carbons (Fsp3) is 0.904. The molecule has 540 valence electrons. The molecule has 3 saturated heterocycles. The summed E-state index contributed by atoms with van der Waals surface area (Å²) in [6, 6.07) is -0.881. The van der Waals surface area contributed by atoms with Gasteiger partial charge >= 0.3 is 0 Å². The number of ether oxygens (including phenoxy) is 6. The Bertz CT molecular complexity index is 1810. The molecule has 92 heavy (non-hydrogen) atoms. The van der Waals surface area contributed by atoms with Crippen molar-refractivity contribution in [1.29, 1.82) is 0 Å². The Morgan fingerprint density at radius 3 is 1.12 bits per heavy atom. The molecule has 0 aromatic carbocycles. The van der Waals surface area contributed by atoms with E-state index in [1.54, 1.807) is 0 Å². The molecule has 0 aromatic rings. The zero-order valence-corrected chi connectivity index (χ0v) is 57.3. The maximum atomic E-state index is 13.3. The fourth-order valence-corrected chi connectivity index (χ4v) is 12.7. The minimum atomic E-state index is -1.97. The summed E-state index contributed by atoms with van der Waals surface area (Å²) >= 11 is 0. The maximum absolute atomic E-state index is 13.3. The van der Waals surface area contributed by atoms with Gasteiger partial charge in [0.05, 0.1) is 38.6 Å². The summed E-state index contributed by atoms with van der Waals surface area (Å²) in [5.41, 5.74) is 0. The summed E-state index contributed by atoms with van der Waals surface area (Å²) in [4.78, 5) is 13.3. The fourth-order valence-electron chi connectivity index (χ4n) is 12.7. The third-order valence-electron chi connectivity index (χ3n) is 18.7. The molecule has 17 atom stereocenters. The highest BCUT2D eigenvalue weighted by Gasteiger charge is 2.53. The van der Waals surface area contributed by atoms with E-state index in [1.807, 2.05) is 0 Å². The standard InChI is InChI=1S/C73H135NO18/c1-3-5-7-9-11-12-13-14-15-16-17-18-19-20-21-22-23-24-25-26-27-28-29-30-31-32-33-34-35-36-37-38-39-40-41-42-43-44-45-47-49-51-61(79)74-56(57(78)50-48-46-10-8-6-4-2)55-87-71-67(85)64(82)69(59(53-76)89-71)92-73-68(86)65(83)70(60(54-77)90-73)91-72-66(84)63(81)62(80)58(52-75)88-72/h13-14,16-17,19-20,56-60,62-73,75-78,80-86H,3-12,15,18,21-55H2,1-2H3,(H,74,79)/b14-13-,17-16-,20-19-. The molecular weight excluding hydrogens is 1180 g/mol. The molecule has 17 unspecified atom stereocenters. The van der Waals surface area contributed by atoms with Crippen molar-refractivity contribution in [2.75, 3.05) is 26.4 Å². The van der Waals surface area contributed by atoms with E-state index in [1.165, 1.54) is 186 Å². The smallest absolute Gasteiger partial charge is 0.220 e. The number of carbonyl (C=O) groups is 1. The van der Waals surface area contributed by atoms with Crippen molar-refractivity contribution >= 4 is 5.91 Å². The van der Waals surface area contributed by atoms with Gasteiger partial charge in [-0.05, 0) is 51.4 Å². The van der Waals surface area contributed by atoms with E-state index in [4.69, 9.17) is 28.4 Å². The summed E-state index contributed by atoms with van der Waals surface area (Å²) < 4.78 is 34.2. The number of hydrogen-bond acceptors (Lipinski definition) is 18. The van der Waals surface area contributed by atoms with Crippen molar-refractivity contribution in [2.45, 2.75) is 394 Å². The second kappa shape index (κ2) is 55.0. The molecule has 0 radical (unpaired) electrons. The second-order valence-electron chi connectivity index (χ2n) is 26.8. The molecule has 0 bridgehead atoms. The van der Waals surface area contributed by atoms with Gasteiger partial charge in [-0.15, -0.1) is 0 Å². The van der Waals surface area contributed by atoms with Crippen LogP contribution in [0.3, 0.4) is 0 Å². The number of allylic oxidation sites excluding steroid dienone is 6. The Labute approximate surface area is 555 Å². The van der Waals surface area contributed by atoms with E-state index >= 15 is 0 Å². The van der Waals surface area contributed by atoms with Crippen LogP contribution >= 0.6 is 0 Å². The van der Waals surface area contributed by atoms with Crippen molar-refractivity contribution in [1.82, 2.24) is 5.32 Å². The van der Waals surface area contributed by atoms with Gasteiger partial charge < -0.3 is 89.9 Å². The Kier molecular flexibility index (Phi) is 50.3. The molecule has 0 saturated carbocycles. The molecule has 3 aliphatic rings. The first-order valence-electron chi connectivity index (χ1n) is 37.2. The number of hydrogen-bond donors (Lipinski definition) is 12. The van der Waals surface area contributed by atoms with E-state index in [0.717, 1.165) is 70.6 Å². The number of aliphatic hydroxyl groups excluding tert-OH is 11. The molecule has 1 amide bonds.